The predicted octanol–water partition coefficient (Wildman–Crippen LogP) is 7.63. The maximum Gasteiger partial charge on any atom is 0.436 e. The molecule has 4 N–H and O–H groups in total. The van der Waals surface area contributed by atoms with Crippen molar-refractivity contribution in [3.8, 4) is 0 Å². The Morgan fingerprint density at radius 2 is 1.04 bits per heavy atom. The summed E-state index contributed by atoms with van der Waals surface area (Å²) in [5.41, 5.74) is 1.89. The Morgan fingerprint density at radius 3 is 1.38 bits per heavy atom. The van der Waals surface area contributed by atoms with Crippen LogP contribution in [0.15, 0.2) is 0 Å². The lowest BCUT2D eigenvalue weighted by Crippen LogP contribution is -2.55. The minimum absolute atomic E-state index is 0. The highest BCUT2D eigenvalue weighted by atomic mass is 35.5. The quantitative estimate of drug-likeness (QED) is 0.275. The summed E-state index contributed by atoms with van der Waals surface area (Å²) in [6.45, 7) is 0. The summed E-state index contributed by atoms with van der Waals surface area (Å²) in [5.74, 6) is 3.73. The summed E-state index contributed by atoms with van der Waals surface area (Å²) in [7, 11) is 2.43. The van der Waals surface area contributed by atoms with E-state index in [1.165, 1.54) is 39.2 Å². The van der Waals surface area contributed by atoms with Crippen LogP contribution in [-0.4, -0.2) is 48.6 Å². The van der Waals surface area contributed by atoms with Crippen LogP contribution in [0.25, 0.3) is 0 Å². The van der Waals surface area contributed by atoms with Gasteiger partial charge in [-0.05, 0) is 112 Å². The number of amides is 1. The van der Waals surface area contributed by atoms with Gasteiger partial charge in [0.25, 0.3) is 5.91 Å². The molecule has 8 saturated carbocycles. The summed E-state index contributed by atoms with van der Waals surface area (Å²) >= 11 is 11.3. The molecule has 0 atom stereocenters. The SMILES string of the molecule is Cl.Cn1nc(C(F)(F)F)c(C(=O)NC2C3CC4CC(C3)CC2C4)c1Cl.Cn1nc(C(F)(F)F)c(C(=O)O)c1Cl.NC1C2CC3CC(C2)CC1C3. The standard InChI is InChI=1S/C16H19ClF3N3O.C10H17N.C6H4ClF3N2O2.ClH/c1-23-14(17)11(13(22-23)16(18,19)20)15(24)21-12-9-3-7-2-8(5-9)6-10(12)4-7;11-10-8-2-6-1-7(4-8)5-9(10)3-6;1-12-4(7)2(5(13)14)3(11-12)6(8,9)10;/h7-10,12H,2-6H2,1H3,(H,21,24);6-10H,1-5,11H2;1H3,(H,13,14);1H. The first-order valence-electron chi connectivity index (χ1n) is 16.7. The van der Waals surface area contributed by atoms with Crippen LogP contribution in [0, 0.1) is 47.3 Å². The van der Waals surface area contributed by atoms with Gasteiger partial charge >= 0.3 is 18.3 Å². The Balaban J connectivity index is 0.000000158. The fourth-order valence-corrected chi connectivity index (χ4v) is 10.6. The van der Waals surface area contributed by atoms with Gasteiger partial charge in [-0.15, -0.1) is 12.4 Å². The van der Waals surface area contributed by atoms with Crippen molar-refractivity contribution in [2.75, 3.05) is 0 Å². The minimum Gasteiger partial charge on any atom is -0.478 e. The smallest absolute Gasteiger partial charge is 0.436 e. The van der Waals surface area contributed by atoms with Gasteiger partial charge in [0.05, 0.1) is 0 Å². The molecule has 8 aliphatic carbocycles. The van der Waals surface area contributed by atoms with Gasteiger partial charge in [-0.1, -0.05) is 23.2 Å². The molecule has 0 aromatic carbocycles. The number of halogens is 9. The summed E-state index contributed by atoms with van der Waals surface area (Å²) < 4.78 is 77.6. The molecule has 0 saturated heterocycles. The topological polar surface area (TPSA) is 128 Å². The number of hydrogen-bond donors (Lipinski definition) is 3. The number of carbonyl (C=O) groups is 2. The number of nitrogens with two attached hydrogens (primary N) is 1. The van der Waals surface area contributed by atoms with E-state index in [0.717, 1.165) is 72.9 Å². The minimum atomic E-state index is -4.82. The van der Waals surface area contributed by atoms with E-state index in [0.29, 0.717) is 22.6 Å². The van der Waals surface area contributed by atoms with E-state index in [1.807, 2.05) is 0 Å². The molecule has 0 spiro atoms. The number of carboxylic acids is 1. The van der Waals surface area contributed by atoms with Gasteiger partial charge in [-0.3, -0.25) is 14.2 Å². The first-order valence-corrected chi connectivity index (χ1v) is 17.5. The van der Waals surface area contributed by atoms with Crippen LogP contribution in [0.2, 0.25) is 10.3 Å². The second-order valence-corrected chi connectivity index (χ2v) is 15.7. The molecule has 2 aromatic heterocycles. The number of aryl methyl sites for hydroxylation is 2. The Labute approximate surface area is 301 Å². The van der Waals surface area contributed by atoms with Crippen molar-refractivity contribution < 1.29 is 41.0 Å². The molecule has 1 amide bonds. The van der Waals surface area contributed by atoms with Crippen LogP contribution in [0.5, 0.6) is 0 Å². The fourth-order valence-electron chi connectivity index (χ4n) is 10.1. The van der Waals surface area contributed by atoms with Crippen molar-refractivity contribution in [3.05, 3.63) is 32.8 Å². The predicted molar refractivity (Wildman–Crippen MR) is 174 cm³/mol. The molecule has 8 fully saturated rings. The monoisotopic (exact) mass is 776 g/mol. The summed E-state index contributed by atoms with van der Waals surface area (Å²) in [6.07, 6.45) is 3.45. The second-order valence-electron chi connectivity index (χ2n) is 15.0. The number of carbonyl (C=O) groups excluding carboxylic acids is 1. The third kappa shape index (κ3) is 7.61. The van der Waals surface area contributed by atoms with E-state index in [9.17, 15) is 35.9 Å². The van der Waals surface area contributed by atoms with Gasteiger partial charge in [0.1, 0.15) is 21.4 Å². The average molecular weight is 778 g/mol. The van der Waals surface area contributed by atoms with Crippen LogP contribution in [0.4, 0.5) is 26.3 Å². The lowest BCUT2D eigenvalue weighted by Gasteiger charge is -2.54. The van der Waals surface area contributed by atoms with Crippen LogP contribution >= 0.6 is 35.6 Å². The van der Waals surface area contributed by atoms with E-state index in [4.69, 9.17) is 34.0 Å². The van der Waals surface area contributed by atoms with Gasteiger partial charge in [-0.2, -0.15) is 36.5 Å². The lowest BCUT2D eigenvalue weighted by atomic mass is 9.54. The molecular formula is C32H41Cl3F6N6O3. The zero-order valence-electron chi connectivity index (χ0n) is 27.4. The Bertz CT molecular complexity index is 1540. The van der Waals surface area contributed by atoms with E-state index >= 15 is 0 Å². The maximum atomic E-state index is 13.2. The number of nitrogens with zero attached hydrogens (tertiary/aromatic N) is 4. The Kier molecular flexibility index (Phi) is 11.2. The molecular weight excluding hydrogens is 737 g/mol. The molecule has 2 aromatic rings. The Morgan fingerprint density at radius 1 is 0.700 bits per heavy atom. The Hall–Kier alpha value is -2.23. The summed E-state index contributed by atoms with van der Waals surface area (Å²) in [4.78, 5) is 23.1. The van der Waals surface area contributed by atoms with Crippen molar-refractivity contribution in [2.24, 2.45) is 67.2 Å². The number of aromatic carboxylic acids is 1. The van der Waals surface area contributed by atoms with E-state index in [-0.39, 0.29) is 23.6 Å². The molecule has 50 heavy (non-hydrogen) atoms. The first-order chi connectivity index (χ1) is 22.8. The first kappa shape index (κ1) is 39.0. The fraction of sp³-hybridized carbons (Fsp3) is 0.750. The third-order valence-corrected chi connectivity index (χ3v) is 12.6. The number of rotatable bonds is 3. The molecule has 9 nitrogen and oxygen atoms in total. The molecule has 10 rings (SSSR count). The number of aromatic nitrogens is 4. The average Bonchev–Trinajstić information content (AvgIpc) is 3.48. The van der Waals surface area contributed by atoms with Crippen molar-refractivity contribution in [3.63, 3.8) is 0 Å². The van der Waals surface area contributed by atoms with Gasteiger partial charge in [0.2, 0.25) is 0 Å². The van der Waals surface area contributed by atoms with Crippen LogP contribution in [0.3, 0.4) is 0 Å². The lowest BCUT2D eigenvalue weighted by molar-refractivity contribution is -0.142. The summed E-state index contributed by atoms with van der Waals surface area (Å²) in [5, 5.41) is 16.9. The van der Waals surface area contributed by atoms with Crippen molar-refractivity contribution >= 4 is 47.5 Å². The molecule has 0 radical (unpaired) electrons. The zero-order valence-corrected chi connectivity index (χ0v) is 29.7. The second kappa shape index (κ2) is 14.3. The van der Waals surface area contributed by atoms with Gasteiger partial charge < -0.3 is 16.2 Å². The van der Waals surface area contributed by atoms with Gasteiger partial charge in [0, 0.05) is 26.2 Å². The molecule has 2 heterocycles. The van der Waals surface area contributed by atoms with Crippen molar-refractivity contribution in [1.82, 2.24) is 24.9 Å². The summed E-state index contributed by atoms with van der Waals surface area (Å²) in [6, 6.07) is 0.547. The van der Waals surface area contributed by atoms with Crippen LogP contribution in [-0.2, 0) is 26.4 Å². The van der Waals surface area contributed by atoms with Crippen molar-refractivity contribution in [2.45, 2.75) is 88.6 Å². The van der Waals surface area contributed by atoms with Gasteiger partial charge in [0.15, 0.2) is 11.4 Å². The zero-order chi connectivity index (χ0) is 35.7. The molecule has 0 aliphatic heterocycles. The number of hydrogen-bond acceptors (Lipinski definition) is 5. The highest BCUT2D eigenvalue weighted by molar-refractivity contribution is 6.33. The van der Waals surface area contributed by atoms with Crippen LogP contribution < -0.4 is 11.1 Å². The number of alkyl halides is 6. The highest BCUT2D eigenvalue weighted by Gasteiger charge is 2.50. The molecule has 18 heteroatoms. The highest BCUT2D eigenvalue weighted by Crippen LogP contribution is 2.54. The number of nitrogens with one attached hydrogen (secondary N) is 1. The van der Waals surface area contributed by atoms with Gasteiger partial charge in [-0.25, -0.2) is 4.79 Å². The molecule has 0 unspecified atom stereocenters. The largest absolute Gasteiger partial charge is 0.478 e. The van der Waals surface area contributed by atoms with E-state index in [1.54, 1.807) is 6.42 Å². The molecule has 8 aliphatic rings. The maximum absolute atomic E-state index is 13.2. The van der Waals surface area contributed by atoms with Crippen molar-refractivity contribution in [1.29, 1.82) is 0 Å². The molecule has 8 bridgehead atoms. The van der Waals surface area contributed by atoms with E-state index < -0.39 is 51.9 Å². The third-order valence-electron chi connectivity index (χ3n) is 11.8. The van der Waals surface area contributed by atoms with E-state index in [2.05, 4.69) is 15.5 Å². The number of carboxylic acid groups (broad SMARTS) is 1. The molecule has 280 valence electrons. The van der Waals surface area contributed by atoms with Crippen LogP contribution in [0.1, 0.15) is 96.3 Å². The normalized spacial score (nSPS) is 33.2.